The number of nitrogens with one attached hydrogen (secondary N) is 1. The van der Waals surface area contributed by atoms with E-state index in [0.717, 1.165) is 5.56 Å². The van der Waals surface area contributed by atoms with E-state index in [-0.39, 0.29) is 24.2 Å². The maximum absolute atomic E-state index is 11.7. The average molecular weight is 351 g/mol. The van der Waals surface area contributed by atoms with Crippen molar-refractivity contribution in [1.82, 2.24) is 5.32 Å². The highest BCUT2D eigenvalue weighted by molar-refractivity contribution is 5.85. The number of rotatable bonds is 7. The number of hydrogen-bond donors (Lipinski definition) is 2. The number of nitrogens with two attached hydrogens (primary N) is 1. The molecule has 3 N–H and O–H groups in total. The van der Waals surface area contributed by atoms with Gasteiger partial charge in [-0.3, -0.25) is 4.79 Å². The lowest BCUT2D eigenvalue weighted by molar-refractivity contribution is -0.124. The van der Waals surface area contributed by atoms with Gasteiger partial charge >= 0.3 is 0 Å². The van der Waals surface area contributed by atoms with E-state index in [9.17, 15) is 4.79 Å². The molecule has 1 atom stereocenters. The number of methoxy groups -OCH3 is 1. The molecule has 6 heteroatoms. The molecule has 2 rings (SSSR count). The summed E-state index contributed by atoms with van der Waals surface area (Å²) in [4.78, 5) is 11.7. The van der Waals surface area contributed by atoms with Gasteiger partial charge in [-0.1, -0.05) is 31.2 Å². The molecule has 0 aliphatic heterocycles. The van der Waals surface area contributed by atoms with Crippen molar-refractivity contribution in [3.8, 4) is 17.2 Å². The number of amides is 1. The molecule has 0 aliphatic carbocycles. The first-order chi connectivity index (χ1) is 11.1. The number of carbonyl (C=O) groups is 1. The van der Waals surface area contributed by atoms with Gasteiger partial charge in [0.05, 0.1) is 7.11 Å². The van der Waals surface area contributed by atoms with Crippen LogP contribution < -0.4 is 20.5 Å². The van der Waals surface area contributed by atoms with Gasteiger partial charge in [0, 0.05) is 19.0 Å². The summed E-state index contributed by atoms with van der Waals surface area (Å²) in [5.41, 5.74) is 6.47. The Bertz CT molecular complexity index is 647. The summed E-state index contributed by atoms with van der Waals surface area (Å²) in [6, 6.07) is 15.0. The third kappa shape index (κ3) is 5.44. The Morgan fingerprint density at radius 3 is 2.33 bits per heavy atom. The van der Waals surface area contributed by atoms with Crippen molar-refractivity contribution in [3.05, 3.63) is 54.1 Å². The zero-order valence-electron chi connectivity index (χ0n) is 13.8. The molecule has 2 aromatic rings. The molecule has 0 bridgehead atoms. The third-order valence-corrected chi connectivity index (χ3v) is 3.49. The van der Waals surface area contributed by atoms with Crippen LogP contribution in [0.1, 0.15) is 12.5 Å². The van der Waals surface area contributed by atoms with E-state index in [0.29, 0.717) is 30.3 Å². The topological polar surface area (TPSA) is 73.6 Å². The summed E-state index contributed by atoms with van der Waals surface area (Å²) in [7, 11) is 1.61. The lowest BCUT2D eigenvalue weighted by Gasteiger charge is -2.12. The maximum atomic E-state index is 11.7. The van der Waals surface area contributed by atoms with Gasteiger partial charge in [0.15, 0.2) is 11.5 Å². The van der Waals surface area contributed by atoms with Crippen molar-refractivity contribution >= 4 is 18.3 Å². The number of halogens is 1. The molecule has 130 valence electrons. The molecule has 0 aliphatic rings. The fourth-order valence-electron chi connectivity index (χ4n) is 1.98. The molecule has 24 heavy (non-hydrogen) atoms. The van der Waals surface area contributed by atoms with Crippen LogP contribution in [-0.2, 0) is 11.3 Å². The first-order valence-electron chi connectivity index (χ1n) is 7.51. The Morgan fingerprint density at radius 1 is 1.12 bits per heavy atom. The average Bonchev–Trinajstić information content (AvgIpc) is 2.60. The van der Waals surface area contributed by atoms with E-state index < -0.39 is 0 Å². The summed E-state index contributed by atoms with van der Waals surface area (Å²) >= 11 is 0. The molecule has 2 aromatic carbocycles. The second-order valence-electron chi connectivity index (χ2n) is 5.25. The largest absolute Gasteiger partial charge is 0.493 e. The van der Waals surface area contributed by atoms with Crippen molar-refractivity contribution in [2.45, 2.75) is 13.5 Å². The zero-order chi connectivity index (χ0) is 16.7. The van der Waals surface area contributed by atoms with Gasteiger partial charge in [0.1, 0.15) is 5.75 Å². The molecule has 5 nitrogen and oxygen atoms in total. The minimum atomic E-state index is -0.178. The van der Waals surface area contributed by atoms with Crippen LogP contribution in [0.5, 0.6) is 17.2 Å². The van der Waals surface area contributed by atoms with Crippen molar-refractivity contribution in [2.24, 2.45) is 11.7 Å². The molecule has 0 radical (unpaired) electrons. The predicted molar refractivity (Wildman–Crippen MR) is 96.8 cm³/mol. The molecule has 0 aromatic heterocycles. The Hall–Kier alpha value is -2.24. The highest BCUT2D eigenvalue weighted by atomic mass is 35.5. The standard InChI is InChI=1S/C18H22N2O3.ClH/c1-13(11-19)18(21)20-12-14-7-9-15(10-8-14)23-17-6-4-3-5-16(17)22-2;/h3-10,13H,11-12,19H2,1-2H3,(H,20,21);1H. The highest BCUT2D eigenvalue weighted by Crippen LogP contribution is 2.30. The van der Waals surface area contributed by atoms with Gasteiger partial charge in [-0.05, 0) is 29.8 Å². The van der Waals surface area contributed by atoms with Crippen LogP contribution in [0, 0.1) is 5.92 Å². The van der Waals surface area contributed by atoms with E-state index in [4.69, 9.17) is 15.2 Å². The molecule has 0 saturated carbocycles. The second kappa shape index (κ2) is 9.80. The number of para-hydroxylation sites is 2. The number of carbonyl (C=O) groups excluding carboxylic acids is 1. The summed E-state index contributed by atoms with van der Waals surface area (Å²) < 4.78 is 11.1. The molecule has 0 heterocycles. The van der Waals surface area contributed by atoms with Crippen molar-refractivity contribution < 1.29 is 14.3 Å². The molecule has 0 saturated heterocycles. The lowest BCUT2D eigenvalue weighted by atomic mass is 10.1. The van der Waals surface area contributed by atoms with Gasteiger partial charge in [-0.15, -0.1) is 12.4 Å². The van der Waals surface area contributed by atoms with Gasteiger partial charge in [-0.2, -0.15) is 0 Å². The minimum Gasteiger partial charge on any atom is -0.493 e. The van der Waals surface area contributed by atoms with E-state index in [2.05, 4.69) is 5.32 Å². The van der Waals surface area contributed by atoms with Crippen molar-refractivity contribution in [2.75, 3.05) is 13.7 Å². The lowest BCUT2D eigenvalue weighted by Crippen LogP contribution is -2.32. The summed E-state index contributed by atoms with van der Waals surface area (Å²) in [6.07, 6.45) is 0. The van der Waals surface area contributed by atoms with Crippen LogP contribution in [0.3, 0.4) is 0 Å². The number of ether oxygens (including phenoxy) is 2. The van der Waals surface area contributed by atoms with E-state index in [1.54, 1.807) is 14.0 Å². The van der Waals surface area contributed by atoms with Crippen molar-refractivity contribution in [3.63, 3.8) is 0 Å². The van der Waals surface area contributed by atoms with Gasteiger partial charge in [-0.25, -0.2) is 0 Å². The van der Waals surface area contributed by atoms with Crippen LogP contribution in [-0.4, -0.2) is 19.6 Å². The van der Waals surface area contributed by atoms with Crippen LogP contribution in [0.2, 0.25) is 0 Å². The van der Waals surface area contributed by atoms with Crippen molar-refractivity contribution in [1.29, 1.82) is 0 Å². The van der Waals surface area contributed by atoms with E-state index >= 15 is 0 Å². The van der Waals surface area contributed by atoms with Crippen LogP contribution >= 0.6 is 12.4 Å². The molecule has 1 amide bonds. The quantitative estimate of drug-likeness (QED) is 0.804. The second-order valence-corrected chi connectivity index (χ2v) is 5.25. The zero-order valence-corrected chi connectivity index (χ0v) is 14.6. The molecule has 0 spiro atoms. The monoisotopic (exact) mass is 350 g/mol. The Balaban J connectivity index is 0.00000288. The Kier molecular flexibility index (Phi) is 8.09. The summed E-state index contributed by atoms with van der Waals surface area (Å²) in [5, 5.41) is 2.86. The maximum Gasteiger partial charge on any atom is 0.224 e. The summed E-state index contributed by atoms with van der Waals surface area (Å²) in [6.45, 7) is 2.62. The summed E-state index contributed by atoms with van der Waals surface area (Å²) in [5.74, 6) is 1.83. The van der Waals surface area contributed by atoms with Crippen LogP contribution in [0.15, 0.2) is 48.5 Å². The third-order valence-electron chi connectivity index (χ3n) is 3.49. The normalized spacial score (nSPS) is 11.1. The first-order valence-corrected chi connectivity index (χ1v) is 7.51. The first kappa shape index (κ1) is 19.8. The molecule has 1 unspecified atom stereocenters. The fraction of sp³-hybridized carbons (Fsp3) is 0.278. The highest BCUT2D eigenvalue weighted by Gasteiger charge is 2.10. The fourth-order valence-corrected chi connectivity index (χ4v) is 1.98. The molecular weight excluding hydrogens is 328 g/mol. The number of benzene rings is 2. The SMILES string of the molecule is COc1ccccc1Oc1ccc(CNC(=O)C(C)CN)cc1.Cl. The van der Waals surface area contributed by atoms with Crippen LogP contribution in [0.25, 0.3) is 0 Å². The number of hydrogen-bond acceptors (Lipinski definition) is 4. The van der Waals surface area contributed by atoms with E-state index in [1.165, 1.54) is 0 Å². The molecule has 0 fully saturated rings. The van der Waals surface area contributed by atoms with Gasteiger partial charge in [0.25, 0.3) is 0 Å². The molecular formula is C18H23ClN2O3. The Labute approximate surface area is 148 Å². The van der Waals surface area contributed by atoms with Crippen LogP contribution in [0.4, 0.5) is 0 Å². The smallest absolute Gasteiger partial charge is 0.224 e. The van der Waals surface area contributed by atoms with Gasteiger partial charge in [0.2, 0.25) is 5.91 Å². The minimum absolute atomic E-state index is 0. The predicted octanol–water partition coefficient (Wildman–Crippen LogP) is 3.12. The Morgan fingerprint density at radius 2 is 1.75 bits per heavy atom. The van der Waals surface area contributed by atoms with E-state index in [1.807, 2.05) is 48.5 Å². The van der Waals surface area contributed by atoms with Gasteiger partial charge < -0.3 is 20.5 Å².